The van der Waals surface area contributed by atoms with Gasteiger partial charge >= 0.3 is 0 Å². The van der Waals surface area contributed by atoms with Crippen LogP contribution in [0.1, 0.15) is 24.3 Å². The molecule has 0 fully saturated rings. The van der Waals surface area contributed by atoms with Crippen LogP contribution >= 0.6 is 11.6 Å². The second-order valence-electron chi connectivity index (χ2n) is 4.28. The van der Waals surface area contributed by atoms with Gasteiger partial charge in [0.15, 0.2) is 0 Å². The second kappa shape index (κ2) is 6.08. The highest BCUT2D eigenvalue weighted by Crippen LogP contribution is 2.27. The first-order valence-corrected chi connectivity index (χ1v) is 6.54. The average molecular weight is 281 g/mol. The number of aliphatic hydroxyl groups excluding tert-OH is 1. The second-order valence-corrected chi connectivity index (χ2v) is 4.72. The summed E-state index contributed by atoms with van der Waals surface area (Å²) in [5.41, 5.74) is 1.68. The predicted molar refractivity (Wildman–Crippen MR) is 74.6 cm³/mol. The molecule has 0 spiro atoms. The lowest BCUT2D eigenvalue weighted by Crippen LogP contribution is -2.09. The van der Waals surface area contributed by atoms with Crippen molar-refractivity contribution in [1.29, 1.82) is 0 Å². The molecule has 4 nitrogen and oxygen atoms in total. The first-order valence-electron chi connectivity index (χ1n) is 6.16. The van der Waals surface area contributed by atoms with Crippen molar-refractivity contribution in [2.75, 3.05) is 7.11 Å². The van der Waals surface area contributed by atoms with E-state index in [1.54, 1.807) is 25.7 Å². The maximum atomic E-state index is 10.3. The Hall–Kier alpha value is -1.52. The molecule has 0 aliphatic carbocycles. The molecule has 1 atom stereocenters. The Morgan fingerprint density at radius 3 is 2.95 bits per heavy atom. The normalized spacial score (nSPS) is 12.4. The largest absolute Gasteiger partial charge is 0.496 e. The van der Waals surface area contributed by atoms with Crippen LogP contribution < -0.4 is 4.74 Å². The lowest BCUT2D eigenvalue weighted by atomic mass is 10.0. The van der Waals surface area contributed by atoms with E-state index in [1.165, 1.54) is 0 Å². The molecule has 1 aromatic heterocycles. The topological polar surface area (TPSA) is 47.3 Å². The molecule has 19 heavy (non-hydrogen) atoms. The summed E-state index contributed by atoms with van der Waals surface area (Å²) >= 11 is 5.99. The van der Waals surface area contributed by atoms with E-state index in [9.17, 15) is 5.11 Å². The van der Waals surface area contributed by atoms with Crippen LogP contribution in [0.25, 0.3) is 0 Å². The highest BCUT2D eigenvalue weighted by molar-refractivity contribution is 6.30. The van der Waals surface area contributed by atoms with Crippen LogP contribution in [0.5, 0.6) is 5.75 Å². The van der Waals surface area contributed by atoms with E-state index in [2.05, 4.69) is 4.98 Å². The number of nitrogens with zero attached hydrogens (tertiary/aromatic N) is 2. The summed E-state index contributed by atoms with van der Waals surface area (Å²) in [6, 6.07) is 5.39. The Bertz CT molecular complexity index is 554. The SMILES string of the molecule is CCn1cncc1C(O)Cc1cc(Cl)ccc1OC. The lowest BCUT2D eigenvalue weighted by Gasteiger charge is -2.15. The fraction of sp³-hybridized carbons (Fsp3) is 0.357. The van der Waals surface area contributed by atoms with Crippen molar-refractivity contribution in [2.45, 2.75) is 26.0 Å². The Balaban J connectivity index is 2.23. The maximum Gasteiger partial charge on any atom is 0.122 e. The zero-order chi connectivity index (χ0) is 13.8. The summed E-state index contributed by atoms with van der Waals surface area (Å²) in [6.07, 6.45) is 3.21. The van der Waals surface area contributed by atoms with Crippen molar-refractivity contribution in [1.82, 2.24) is 9.55 Å². The smallest absolute Gasteiger partial charge is 0.122 e. The minimum Gasteiger partial charge on any atom is -0.496 e. The monoisotopic (exact) mass is 280 g/mol. The molecule has 0 saturated heterocycles. The molecule has 1 aromatic carbocycles. The van der Waals surface area contributed by atoms with Crippen molar-refractivity contribution in [3.63, 3.8) is 0 Å². The standard InChI is InChI=1S/C14H17ClN2O2/c1-3-17-9-16-8-12(17)13(18)7-10-6-11(15)4-5-14(10)19-2/h4-6,8-9,13,18H,3,7H2,1-2H3. The molecule has 1 N–H and O–H groups in total. The molecule has 0 saturated carbocycles. The number of methoxy groups -OCH3 is 1. The van der Waals surface area contributed by atoms with Gasteiger partial charge < -0.3 is 14.4 Å². The lowest BCUT2D eigenvalue weighted by molar-refractivity contribution is 0.168. The molecule has 1 heterocycles. The maximum absolute atomic E-state index is 10.3. The van der Waals surface area contributed by atoms with Crippen LogP contribution in [-0.4, -0.2) is 21.8 Å². The fourth-order valence-electron chi connectivity index (χ4n) is 2.09. The molecule has 0 aliphatic rings. The van der Waals surface area contributed by atoms with Gasteiger partial charge in [0, 0.05) is 18.0 Å². The molecule has 2 rings (SSSR count). The van der Waals surface area contributed by atoms with Gasteiger partial charge in [0.1, 0.15) is 5.75 Å². The van der Waals surface area contributed by atoms with E-state index in [1.807, 2.05) is 23.6 Å². The third-order valence-corrected chi connectivity index (χ3v) is 3.32. The molecule has 0 aliphatic heterocycles. The van der Waals surface area contributed by atoms with E-state index < -0.39 is 6.10 Å². The molecule has 5 heteroatoms. The van der Waals surface area contributed by atoms with Gasteiger partial charge in [-0.1, -0.05) is 11.6 Å². The molecule has 1 unspecified atom stereocenters. The van der Waals surface area contributed by atoms with Gasteiger partial charge in [0.25, 0.3) is 0 Å². The third-order valence-electron chi connectivity index (χ3n) is 3.08. The van der Waals surface area contributed by atoms with Gasteiger partial charge in [-0.05, 0) is 30.7 Å². The zero-order valence-electron chi connectivity index (χ0n) is 11.0. The third kappa shape index (κ3) is 3.08. The molecule has 0 bridgehead atoms. The number of ether oxygens (including phenoxy) is 1. The van der Waals surface area contributed by atoms with Crippen molar-refractivity contribution in [3.8, 4) is 5.75 Å². The fourth-order valence-corrected chi connectivity index (χ4v) is 2.29. The first-order chi connectivity index (χ1) is 9.15. The van der Waals surface area contributed by atoms with E-state index in [0.29, 0.717) is 11.4 Å². The number of hydrogen-bond acceptors (Lipinski definition) is 3. The van der Waals surface area contributed by atoms with Gasteiger partial charge in [-0.2, -0.15) is 0 Å². The number of rotatable bonds is 5. The van der Waals surface area contributed by atoms with Gasteiger partial charge in [0.2, 0.25) is 0 Å². The van der Waals surface area contributed by atoms with E-state index >= 15 is 0 Å². The minimum absolute atomic E-state index is 0.440. The van der Waals surface area contributed by atoms with E-state index in [-0.39, 0.29) is 0 Å². The van der Waals surface area contributed by atoms with Gasteiger partial charge in [-0.3, -0.25) is 0 Å². The zero-order valence-corrected chi connectivity index (χ0v) is 11.8. The van der Waals surface area contributed by atoms with Gasteiger partial charge in [-0.15, -0.1) is 0 Å². The van der Waals surface area contributed by atoms with Gasteiger partial charge in [0.05, 0.1) is 31.4 Å². The van der Waals surface area contributed by atoms with Crippen molar-refractivity contribution in [2.24, 2.45) is 0 Å². The van der Waals surface area contributed by atoms with Crippen LogP contribution in [-0.2, 0) is 13.0 Å². The summed E-state index contributed by atoms with van der Waals surface area (Å²) in [5, 5.41) is 11.0. The summed E-state index contributed by atoms with van der Waals surface area (Å²) in [6.45, 7) is 2.79. The summed E-state index contributed by atoms with van der Waals surface area (Å²) in [4.78, 5) is 4.06. The first kappa shape index (κ1) is 13.9. The molecular weight excluding hydrogens is 264 g/mol. The number of halogens is 1. The van der Waals surface area contributed by atoms with Gasteiger partial charge in [-0.25, -0.2) is 4.98 Å². The summed E-state index contributed by atoms with van der Waals surface area (Å²) in [7, 11) is 1.61. The minimum atomic E-state index is -0.630. The van der Waals surface area contributed by atoms with Crippen LogP contribution in [0.15, 0.2) is 30.7 Å². The highest BCUT2D eigenvalue weighted by atomic mass is 35.5. The van der Waals surface area contributed by atoms with Crippen LogP contribution in [0, 0.1) is 0 Å². The molecule has 102 valence electrons. The van der Waals surface area contributed by atoms with E-state index in [0.717, 1.165) is 23.6 Å². The molecule has 0 radical (unpaired) electrons. The Kier molecular flexibility index (Phi) is 4.45. The number of imidazole rings is 1. The summed E-state index contributed by atoms with van der Waals surface area (Å²) < 4.78 is 7.20. The average Bonchev–Trinajstić information content (AvgIpc) is 2.87. The number of aromatic nitrogens is 2. The number of hydrogen-bond donors (Lipinski definition) is 1. The van der Waals surface area contributed by atoms with Crippen LogP contribution in [0.4, 0.5) is 0 Å². The number of aryl methyl sites for hydroxylation is 1. The number of benzene rings is 1. The molecule has 2 aromatic rings. The summed E-state index contributed by atoms with van der Waals surface area (Å²) in [5.74, 6) is 0.728. The predicted octanol–water partition coefficient (Wildman–Crippen LogP) is 2.84. The van der Waals surface area contributed by atoms with E-state index in [4.69, 9.17) is 16.3 Å². The Labute approximate surface area is 117 Å². The Morgan fingerprint density at radius 1 is 1.47 bits per heavy atom. The Morgan fingerprint density at radius 2 is 2.26 bits per heavy atom. The quantitative estimate of drug-likeness (QED) is 0.916. The molecule has 0 amide bonds. The number of aliphatic hydroxyl groups is 1. The van der Waals surface area contributed by atoms with Crippen LogP contribution in [0.2, 0.25) is 5.02 Å². The highest BCUT2D eigenvalue weighted by Gasteiger charge is 2.15. The molecular formula is C14H17ClN2O2. The van der Waals surface area contributed by atoms with Crippen LogP contribution in [0.3, 0.4) is 0 Å². The van der Waals surface area contributed by atoms with Crippen molar-refractivity contribution >= 4 is 11.6 Å². The van der Waals surface area contributed by atoms with Crippen molar-refractivity contribution in [3.05, 3.63) is 47.0 Å². The van der Waals surface area contributed by atoms with Crippen molar-refractivity contribution < 1.29 is 9.84 Å².